The molecule has 0 saturated carbocycles. The van der Waals surface area contributed by atoms with Gasteiger partial charge in [0.15, 0.2) is 5.78 Å². The molecule has 4 nitrogen and oxygen atoms in total. The van der Waals surface area contributed by atoms with Gasteiger partial charge >= 0.3 is 0 Å². The van der Waals surface area contributed by atoms with Crippen LogP contribution in [0.2, 0.25) is 0 Å². The minimum Gasteiger partial charge on any atom is -0.374 e. The van der Waals surface area contributed by atoms with E-state index < -0.39 is 34.5 Å². The van der Waals surface area contributed by atoms with Gasteiger partial charge in [0.2, 0.25) is 0 Å². The molecule has 3 heterocycles. The van der Waals surface area contributed by atoms with Crippen molar-refractivity contribution in [2.45, 2.75) is 31.8 Å². The molecule has 154 valence electrons. The number of pyridine rings is 2. The summed E-state index contributed by atoms with van der Waals surface area (Å²) in [6.45, 7) is 0.664. The number of ketones is 1. The fourth-order valence-electron chi connectivity index (χ4n) is 3.65. The number of benzene rings is 1. The Morgan fingerprint density at radius 3 is 2.57 bits per heavy atom. The molecule has 4 rings (SSSR count). The molecule has 30 heavy (non-hydrogen) atoms. The van der Waals surface area contributed by atoms with Crippen LogP contribution >= 0.6 is 0 Å². The lowest BCUT2D eigenvalue weighted by molar-refractivity contribution is 0.0144. The average molecular weight is 412 g/mol. The molecule has 7 heteroatoms. The lowest BCUT2D eigenvalue weighted by atomic mass is 9.95. The quantitative estimate of drug-likeness (QED) is 0.539. The Labute approximate surface area is 171 Å². The van der Waals surface area contributed by atoms with Gasteiger partial charge in [-0.3, -0.25) is 9.78 Å². The molecule has 2 aromatic heterocycles. The molecule has 0 N–H and O–H groups in total. The summed E-state index contributed by atoms with van der Waals surface area (Å²) in [5.41, 5.74) is 0.383. The second-order valence-corrected chi connectivity index (χ2v) is 7.15. The zero-order valence-corrected chi connectivity index (χ0v) is 16.1. The van der Waals surface area contributed by atoms with Crippen molar-refractivity contribution < 1.29 is 22.7 Å². The summed E-state index contributed by atoms with van der Waals surface area (Å²) in [6.07, 6.45) is 6.02. The number of hydrogen-bond donors (Lipinski definition) is 0. The van der Waals surface area contributed by atoms with Gasteiger partial charge in [-0.05, 0) is 60.7 Å². The van der Waals surface area contributed by atoms with Gasteiger partial charge < -0.3 is 4.74 Å². The van der Waals surface area contributed by atoms with Crippen molar-refractivity contribution in [2.24, 2.45) is 0 Å². The lowest BCUT2D eigenvalue weighted by Gasteiger charge is -2.24. The van der Waals surface area contributed by atoms with Crippen LogP contribution in [0, 0.1) is 17.5 Å². The maximum Gasteiger partial charge on any atom is 0.185 e. The molecule has 0 amide bonds. The van der Waals surface area contributed by atoms with Gasteiger partial charge in [0, 0.05) is 25.4 Å². The highest BCUT2D eigenvalue weighted by Gasteiger charge is 2.23. The summed E-state index contributed by atoms with van der Waals surface area (Å²) in [7, 11) is 0. The molecule has 0 aliphatic carbocycles. The van der Waals surface area contributed by atoms with E-state index >= 15 is 0 Å². The normalized spacial score (nSPS) is 16.4. The van der Waals surface area contributed by atoms with Crippen LogP contribution in [-0.4, -0.2) is 22.4 Å². The van der Waals surface area contributed by atoms with Crippen LogP contribution in [0.5, 0.6) is 0 Å². The predicted octanol–water partition coefficient (Wildman–Crippen LogP) is 5.23. The Hall–Kier alpha value is -3.06. The van der Waals surface area contributed by atoms with Gasteiger partial charge in [-0.2, -0.15) is 0 Å². The maximum atomic E-state index is 14.3. The minimum absolute atomic E-state index is 0.0269. The highest BCUT2D eigenvalue weighted by molar-refractivity contribution is 5.96. The van der Waals surface area contributed by atoms with Crippen LogP contribution in [0.3, 0.4) is 0 Å². The van der Waals surface area contributed by atoms with Crippen LogP contribution in [-0.2, 0) is 11.2 Å². The molecule has 1 fully saturated rings. The molecular weight excluding hydrogens is 393 g/mol. The van der Waals surface area contributed by atoms with Crippen molar-refractivity contribution in [3.8, 4) is 11.3 Å². The molecule has 1 aliphatic heterocycles. The first-order valence-corrected chi connectivity index (χ1v) is 9.73. The number of hydrogen-bond acceptors (Lipinski definition) is 4. The third-order valence-corrected chi connectivity index (χ3v) is 5.15. The van der Waals surface area contributed by atoms with Crippen molar-refractivity contribution in [2.75, 3.05) is 6.61 Å². The number of rotatable bonds is 5. The van der Waals surface area contributed by atoms with Crippen molar-refractivity contribution in [1.82, 2.24) is 9.97 Å². The second kappa shape index (κ2) is 8.75. The fourth-order valence-corrected chi connectivity index (χ4v) is 3.65. The topological polar surface area (TPSA) is 52.1 Å². The molecule has 0 spiro atoms. The van der Waals surface area contributed by atoms with Gasteiger partial charge in [0.25, 0.3) is 0 Å². The van der Waals surface area contributed by atoms with Gasteiger partial charge in [-0.1, -0.05) is 6.07 Å². The van der Waals surface area contributed by atoms with Gasteiger partial charge in [-0.25, -0.2) is 18.2 Å². The van der Waals surface area contributed by atoms with Crippen molar-refractivity contribution >= 4 is 5.78 Å². The zero-order chi connectivity index (χ0) is 21.1. The third-order valence-electron chi connectivity index (χ3n) is 5.15. The molecule has 1 atom stereocenters. The van der Waals surface area contributed by atoms with E-state index in [1.807, 2.05) is 6.07 Å². The first kappa shape index (κ1) is 20.2. The van der Waals surface area contributed by atoms with Crippen LogP contribution in [0.4, 0.5) is 13.2 Å². The van der Waals surface area contributed by atoms with E-state index in [4.69, 9.17) is 4.74 Å². The number of halogens is 3. The van der Waals surface area contributed by atoms with E-state index in [1.54, 1.807) is 12.4 Å². The second-order valence-electron chi connectivity index (χ2n) is 7.15. The molecule has 0 bridgehead atoms. The van der Waals surface area contributed by atoms with E-state index in [0.717, 1.165) is 43.0 Å². The van der Waals surface area contributed by atoms with Gasteiger partial charge in [0.05, 0.1) is 11.7 Å². The van der Waals surface area contributed by atoms with E-state index in [-0.39, 0.29) is 18.2 Å². The predicted molar refractivity (Wildman–Crippen MR) is 104 cm³/mol. The van der Waals surface area contributed by atoms with E-state index in [2.05, 4.69) is 9.97 Å². The number of nitrogens with zero attached hydrogens (tertiary/aromatic N) is 2. The fraction of sp³-hybridized carbons (Fsp3) is 0.261. The first-order valence-electron chi connectivity index (χ1n) is 9.73. The Kier molecular flexibility index (Phi) is 5.90. The lowest BCUT2D eigenvalue weighted by Crippen LogP contribution is -2.16. The molecule has 1 aromatic carbocycles. The van der Waals surface area contributed by atoms with E-state index in [1.165, 1.54) is 12.1 Å². The first-order chi connectivity index (χ1) is 14.5. The van der Waals surface area contributed by atoms with Crippen LogP contribution in [0.15, 0.2) is 48.8 Å². The highest BCUT2D eigenvalue weighted by Crippen LogP contribution is 2.31. The van der Waals surface area contributed by atoms with Crippen LogP contribution < -0.4 is 0 Å². The van der Waals surface area contributed by atoms with Gasteiger partial charge in [0.1, 0.15) is 28.8 Å². The SMILES string of the molecule is O=C(Cc1cnccc1[C@H]1CCCCO1)c1ccc(F)c(-c2c(F)cccc2F)n1. The standard InChI is InChI=1S/C23H19F3N2O2/c24-16-4-3-5-17(25)22(16)23-18(26)7-8-19(28-23)20(29)12-14-13-27-10-9-15(14)21-6-1-2-11-30-21/h3-5,7-10,13,21H,1-2,6,11-12H2/t21-/m1/s1. The van der Waals surface area contributed by atoms with Crippen molar-refractivity contribution in [3.05, 3.63) is 83.1 Å². The number of Topliss-reactive ketones (excluding diaryl/α,β-unsaturated/α-hetero) is 1. The summed E-state index contributed by atoms with van der Waals surface area (Å²) in [5, 5.41) is 0. The number of aromatic nitrogens is 2. The smallest absolute Gasteiger partial charge is 0.185 e. The zero-order valence-electron chi connectivity index (χ0n) is 16.1. The Balaban J connectivity index is 1.64. The van der Waals surface area contributed by atoms with E-state index in [0.29, 0.717) is 12.2 Å². The third kappa shape index (κ3) is 4.11. The van der Waals surface area contributed by atoms with Crippen LogP contribution in [0.25, 0.3) is 11.3 Å². The Morgan fingerprint density at radius 1 is 1.03 bits per heavy atom. The molecule has 0 unspecified atom stereocenters. The van der Waals surface area contributed by atoms with Crippen molar-refractivity contribution in [3.63, 3.8) is 0 Å². The Morgan fingerprint density at radius 2 is 1.83 bits per heavy atom. The van der Waals surface area contributed by atoms with Gasteiger partial charge in [-0.15, -0.1) is 0 Å². The largest absolute Gasteiger partial charge is 0.374 e. The minimum atomic E-state index is -0.949. The molecule has 1 saturated heterocycles. The average Bonchev–Trinajstić information content (AvgIpc) is 2.76. The Bertz CT molecular complexity index is 1060. The van der Waals surface area contributed by atoms with E-state index in [9.17, 15) is 18.0 Å². The maximum absolute atomic E-state index is 14.3. The monoisotopic (exact) mass is 412 g/mol. The summed E-state index contributed by atoms with van der Waals surface area (Å²) in [5.74, 6) is -3.21. The molecular formula is C23H19F3N2O2. The summed E-state index contributed by atoms with van der Waals surface area (Å²) in [6, 6.07) is 7.25. The number of ether oxygens (including phenoxy) is 1. The number of carbonyl (C=O) groups is 1. The number of carbonyl (C=O) groups excluding carboxylic acids is 1. The molecule has 1 aliphatic rings. The highest BCUT2D eigenvalue weighted by atomic mass is 19.1. The van der Waals surface area contributed by atoms with Crippen molar-refractivity contribution in [1.29, 1.82) is 0 Å². The molecule has 3 aromatic rings. The van der Waals surface area contributed by atoms with Crippen LogP contribution in [0.1, 0.15) is 47.0 Å². The summed E-state index contributed by atoms with van der Waals surface area (Å²) in [4.78, 5) is 20.9. The molecule has 0 radical (unpaired) electrons. The summed E-state index contributed by atoms with van der Waals surface area (Å²) < 4.78 is 48.3. The summed E-state index contributed by atoms with van der Waals surface area (Å²) >= 11 is 0.